The Labute approximate surface area is 128 Å². The van der Waals surface area contributed by atoms with Gasteiger partial charge in [-0.3, -0.25) is 9.59 Å². The largest absolute Gasteiger partial charge is 0.485 e. The third-order valence-electron chi connectivity index (χ3n) is 4.26. The fourth-order valence-corrected chi connectivity index (χ4v) is 3.14. The van der Waals surface area contributed by atoms with Crippen molar-refractivity contribution in [3.8, 4) is 0 Å². The summed E-state index contributed by atoms with van der Waals surface area (Å²) in [6.07, 6.45) is 1.21. The van der Waals surface area contributed by atoms with Crippen molar-refractivity contribution in [1.29, 1.82) is 0 Å². The van der Waals surface area contributed by atoms with Crippen LogP contribution in [0.25, 0.3) is 5.76 Å². The Bertz CT molecular complexity index is 802. The van der Waals surface area contributed by atoms with Gasteiger partial charge in [-0.25, -0.2) is 0 Å². The van der Waals surface area contributed by atoms with Gasteiger partial charge in [0.05, 0.1) is 0 Å². The standard InChI is InChI=1S/C19H14O3/c20-17-13-8-4-5-9-14(13)19-15(18(17)21)10-11-16(22-19)12-6-2-1-3-7-12/h1-9,16H,10-11H2/t16-/m1/s1. The van der Waals surface area contributed by atoms with E-state index < -0.39 is 11.6 Å². The van der Waals surface area contributed by atoms with Crippen LogP contribution in [0.3, 0.4) is 0 Å². The summed E-state index contributed by atoms with van der Waals surface area (Å²) in [6.45, 7) is 0. The van der Waals surface area contributed by atoms with Crippen LogP contribution in [-0.2, 0) is 9.53 Å². The van der Waals surface area contributed by atoms with E-state index in [1.807, 2.05) is 42.5 Å². The van der Waals surface area contributed by atoms with E-state index in [-0.39, 0.29) is 6.10 Å². The number of fused-ring (bicyclic) bond motifs is 2. The summed E-state index contributed by atoms with van der Waals surface area (Å²) in [5.74, 6) is -0.253. The quantitative estimate of drug-likeness (QED) is 0.752. The lowest BCUT2D eigenvalue weighted by molar-refractivity contribution is -0.112. The molecule has 0 saturated heterocycles. The maximum Gasteiger partial charge on any atom is 0.234 e. The monoisotopic (exact) mass is 290 g/mol. The summed E-state index contributed by atoms with van der Waals surface area (Å²) >= 11 is 0. The van der Waals surface area contributed by atoms with Crippen LogP contribution in [-0.4, -0.2) is 11.6 Å². The molecule has 0 radical (unpaired) electrons. The molecule has 1 heterocycles. The molecular weight excluding hydrogens is 276 g/mol. The predicted octanol–water partition coefficient (Wildman–Crippen LogP) is 3.71. The van der Waals surface area contributed by atoms with E-state index in [0.29, 0.717) is 29.7 Å². The molecule has 3 nitrogen and oxygen atoms in total. The van der Waals surface area contributed by atoms with Gasteiger partial charge in [0.15, 0.2) is 0 Å². The van der Waals surface area contributed by atoms with E-state index in [9.17, 15) is 9.59 Å². The fraction of sp³-hybridized carbons (Fsp3) is 0.158. The number of rotatable bonds is 1. The second kappa shape index (κ2) is 4.95. The molecule has 2 aliphatic rings. The molecule has 0 fully saturated rings. The zero-order valence-electron chi connectivity index (χ0n) is 11.9. The number of Topliss-reactive ketones (excluding diaryl/α,β-unsaturated/α-hetero) is 2. The molecule has 2 aromatic rings. The second-order valence-corrected chi connectivity index (χ2v) is 5.57. The molecule has 2 aromatic carbocycles. The highest BCUT2D eigenvalue weighted by molar-refractivity contribution is 6.52. The van der Waals surface area contributed by atoms with Crippen LogP contribution >= 0.6 is 0 Å². The van der Waals surface area contributed by atoms with E-state index in [1.54, 1.807) is 12.1 Å². The van der Waals surface area contributed by atoms with E-state index >= 15 is 0 Å². The average Bonchev–Trinajstić information content (AvgIpc) is 2.60. The second-order valence-electron chi connectivity index (χ2n) is 5.57. The SMILES string of the molecule is O=C1C(=O)c2ccccc2C2=C1CC[C@H](c1ccccc1)O2. The molecule has 1 aliphatic carbocycles. The summed E-state index contributed by atoms with van der Waals surface area (Å²) in [5.41, 5.74) is 2.80. The minimum atomic E-state index is -0.420. The lowest BCUT2D eigenvalue weighted by Gasteiger charge is -2.31. The highest BCUT2D eigenvalue weighted by atomic mass is 16.5. The van der Waals surface area contributed by atoms with Crippen molar-refractivity contribution in [3.05, 3.63) is 76.9 Å². The van der Waals surface area contributed by atoms with Crippen LogP contribution in [0.2, 0.25) is 0 Å². The number of carbonyl (C=O) groups excluding carboxylic acids is 2. The Hall–Kier alpha value is -2.68. The minimum Gasteiger partial charge on any atom is -0.485 e. The smallest absolute Gasteiger partial charge is 0.234 e. The van der Waals surface area contributed by atoms with Gasteiger partial charge < -0.3 is 4.74 Å². The summed E-state index contributed by atoms with van der Waals surface area (Å²) in [7, 11) is 0. The van der Waals surface area contributed by atoms with Gasteiger partial charge in [-0.2, -0.15) is 0 Å². The molecule has 108 valence electrons. The topological polar surface area (TPSA) is 43.4 Å². The highest BCUT2D eigenvalue weighted by Crippen LogP contribution is 2.42. The Morgan fingerprint density at radius 3 is 2.27 bits per heavy atom. The maximum atomic E-state index is 12.3. The molecule has 0 N–H and O–H groups in total. The van der Waals surface area contributed by atoms with Gasteiger partial charge >= 0.3 is 0 Å². The van der Waals surface area contributed by atoms with Crippen LogP contribution in [0.15, 0.2) is 60.2 Å². The average molecular weight is 290 g/mol. The lowest BCUT2D eigenvalue weighted by Crippen LogP contribution is -2.28. The normalized spacial score (nSPS) is 20.3. The number of ketones is 2. The summed E-state index contributed by atoms with van der Waals surface area (Å²) in [4.78, 5) is 24.5. The van der Waals surface area contributed by atoms with Crippen LogP contribution in [0, 0.1) is 0 Å². The van der Waals surface area contributed by atoms with Gasteiger partial charge in [0.25, 0.3) is 0 Å². The van der Waals surface area contributed by atoms with Gasteiger partial charge in [-0.05, 0) is 18.4 Å². The Morgan fingerprint density at radius 2 is 1.50 bits per heavy atom. The first-order valence-electron chi connectivity index (χ1n) is 7.39. The van der Waals surface area contributed by atoms with Crippen LogP contribution in [0.5, 0.6) is 0 Å². The van der Waals surface area contributed by atoms with E-state index in [1.165, 1.54) is 0 Å². The van der Waals surface area contributed by atoms with Gasteiger partial charge in [-0.1, -0.05) is 54.6 Å². The molecule has 0 aromatic heterocycles. The van der Waals surface area contributed by atoms with Gasteiger partial charge in [-0.15, -0.1) is 0 Å². The molecule has 0 amide bonds. The first-order chi connectivity index (χ1) is 10.8. The number of hydrogen-bond acceptors (Lipinski definition) is 3. The first kappa shape index (κ1) is 13.0. The van der Waals surface area contributed by atoms with Crippen molar-refractivity contribution >= 4 is 17.3 Å². The van der Waals surface area contributed by atoms with E-state index in [4.69, 9.17) is 4.74 Å². The van der Waals surface area contributed by atoms with Gasteiger partial charge in [0, 0.05) is 16.7 Å². The van der Waals surface area contributed by atoms with E-state index in [0.717, 1.165) is 11.1 Å². The zero-order valence-corrected chi connectivity index (χ0v) is 11.9. The Kier molecular flexibility index (Phi) is 2.93. The van der Waals surface area contributed by atoms with Crippen LogP contribution < -0.4 is 0 Å². The van der Waals surface area contributed by atoms with Crippen LogP contribution in [0.4, 0.5) is 0 Å². The molecular formula is C19H14O3. The molecule has 3 heteroatoms. The molecule has 1 atom stereocenters. The van der Waals surface area contributed by atoms with Crippen molar-refractivity contribution in [2.75, 3.05) is 0 Å². The molecule has 22 heavy (non-hydrogen) atoms. The van der Waals surface area contributed by atoms with E-state index in [2.05, 4.69) is 0 Å². The molecule has 1 aliphatic heterocycles. The van der Waals surface area contributed by atoms with Crippen molar-refractivity contribution in [2.24, 2.45) is 0 Å². The van der Waals surface area contributed by atoms with Gasteiger partial charge in [0.1, 0.15) is 11.9 Å². The first-order valence-corrected chi connectivity index (χ1v) is 7.39. The minimum absolute atomic E-state index is 0.0750. The number of benzene rings is 2. The molecule has 4 rings (SSSR count). The maximum absolute atomic E-state index is 12.3. The zero-order chi connectivity index (χ0) is 15.1. The molecule has 0 bridgehead atoms. The fourth-order valence-electron chi connectivity index (χ4n) is 3.14. The van der Waals surface area contributed by atoms with Crippen molar-refractivity contribution in [3.63, 3.8) is 0 Å². The summed E-state index contributed by atoms with van der Waals surface area (Å²) in [6, 6.07) is 17.1. The molecule has 0 spiro atoms. The van der Waals surface area contributed by atoms with Gasteiger partial charge in [0.2, 0.25) is 11.6 Å². The van der Waals surface area contributed by atoms with Crippen LogP contribution in [0.1, 0.15) is 40.4 Å². The molecule has 0 unspecified atom stereocenters. The molecule has 0 saturated carbocycles. The summed E-state index contributed by atoms with van der Waals surface area (Å²) < 4.78 is 6.13. The van der Waals surface area contributed by atoms with Crippen molar-refractivity contribution in [2.45, 2.75) is 18.9 Å². The Morgan fingerprint density at radius 1 is 0.818 bits per heavy atom. The Balaban J connectivity index is 1.79. The number of allylic oxidation sites excluding steroid dienone is 1. The number of ether oxygens (including phenoxy) is 1. The van der Waals surface area contributed by atoms with Crippen molar-refractivity contribution in [1.82, 2.24) is 0 Å². The lowest BCUT2D eigenvalue weighted by atomic mass is 9.84. The highest BCUT2D eigenvalue weighted by Gasteiger charge is 2.37. The number of carbonyl (C=O) groups is 2. The third kappa shape index (κ3) is 1.90. The summed E-state index contributed by atoms with van der Waals surface area (Å²) in [5, 5.41) is 0. The predicted molar refractivity (Wildman–Crippen MR) is 82.2 cm³/mol. The third-order valence-corrected chi connectivity index (χ3v) is 4.26. The van der Waals surface area contributed by atoms with Crippen molar-refractivity contribution < 1.29 is 14.3 Å². The number of hydrogen-bond donors (Lipinski definition) is 0.